The lowest BCUT2D eigenvalue weighted by Crippen LogP contribution is -2.31. The molecule has 3 rings (SSSR count). The number of anilines is 1. The number of hydrogen-bond acceptors (Lipinski definition) is 7. The lowest BCUT2D eigenvalue weighted by atomic mass is 10.2. The summed E-state index contributed by atoms with van der Waals surface area (Å²) in [6.07, 6.45) is 1.12. The van der Waals surface area contributed by atoms with Crippen LogP contribution in [-0.2, 0) is 17.8 Å². The Labute approximate surface area is 167 Å². The summed E-state index contributed by atoms with van der Waals surface area (Å²) in [4.78, 5) is 51.6. The van der Waals surface area contributed by atoms with Crippen LogP contribution in [0.1, 0.15) is 29.5 Å². The highest BCUT2D eigenvalue weighted by Gasteiger charge is 2.20. The average Bonchev–Trinajstić information content (AvgIpc) is 3.10. The molecule has 0 radical (unpaired) electrons. The van der Waals surface area contributed by atoms with E-state index in [1.54, 1.807) is 0 Å². The summed E-state index contributed by atoms with van der Waals surface area (Å²) in [7, 11) is 0. The number of hydrogen-bond donors (Lipinski definition) is 2. The van der Waals surface area contributed by atoms with Crippen molar-refractivity contribution in [3.05, 3.63) is 61.5 Å². The van der Waals surface area contributed by atoms with Gasteiger partial charge in [-0.1, -0.05) is 6.92 Å². The Morgan fingerprint density at radius 1 is 1.31 bits per heavy atom. The fraction of sp³-hybridized carbons (Fsp3) is 0.222. The SMILES string of the molecule is CCCc1nc2scc(C(=O)O)c2c(=O)n1CC(=O)Nc1ccc([N+](=O)[O-])cc1. The van der Waals surface area contributed by atoms with Crippen LogP contribution in [0.2, 0.25) is 0 Å². The van der Waals surface area contributed by atoms with E-state index >= 15 is 0 Å². The van der Waals surface area contributed by atoms with Crippen LogP contribution in [0.4, 0.5) is 11.4 Å². The number of carboxylic acids is 1. The Bertz CT molecular complexity index is 1170. The Balaban J connectivity index is 1.94. The molecule has 0 fully saturated rings. The van der Waals surface area contributed by atoms with Gasteiger partial charge >= 0.3 is 5.97 Å². The molecule has 29 heavy (non-hydrogen) atoms. The van der Waals surface area contributed by atoms with Crippen molar-refractivity contribution in [3.8, 4) is 0 Å². The molecule has 3 aromatic rings. The van der Waals surface area contributed by atoms with Crippen LogP contribution in [0.5, 0.6) is 0 Å². The maximum Gasteiger partial charge on any atom is 0.337 e. The van der Waals surface area contributed by atoms with Crippen LogP contribution in [-0.4, -0.2) is 31.5 Å². The van der Waals surface area contributed by atoms with E-state index in [0.29, 0.717) is 29.2 Å². The van der Waals surface area contributed by atoms with Crippen LogP contribution >= 0.6 is 11.3 Å². The van der Waals surface area contributed by atoms with Crippen molar-refractivity contribution in [3.63, 3.8) is 0 Å². The number of nitrogens with one attached hydrogen (secondary N) is 1. The molecule has 2 N–H and O–H groups in total. The number of carbonyl (C=O) groups is 2. The first kappa shape index (κ1) is 20.1. The van der Waals surface area contributed by atoms with Gasteiger partial charge in [-0.2, -0.15) is 0 Å². The van der Waals surface area contributed by atoms with Crippen LogP contribution in [0.3, 0.4) is 0 Å². The molecule has 150 valence electrons. The Hall–Kier alpha value is -3.60. The number of non-ortho nitro benzene ring substituents is 1. The van der Waals surface area contributed by atoms with E-state index in [9.17, 15) is 29.6 Å². The second-order valence-electron chi connectivity index (χ2n) is 6.16. The van der Waals surface area contributed by atoms with E-state index in [4.69, 9.17) is 0 Å². The number of nitro benzene ring substituents is 1. The minimum absolute atomic E-state index is 0.0227. The first-order valence-electron chi connectivity index (χ1n) is 8.60. The van der Waals surface area contributed by atoms with Gasteiger partial charge in [0.25, 0.3) is 11.2 Å². The maximum absolute atomic E-state index is 12.9. The van der Waals surface area contributed by atoms with Gasteiger partial charge in [0, 0.05) is 29.6 Å². The number of nitrogens with zero attached hydrogens (tertiary/aromatic N) is 3. The van der Waals surface area contributed by atoms with Crippen molar-refractivity contribution in [2.24, 2.45) is 0 Å². The molecular weight excluding hydrogens is 400 g/mol. The molecular formula is C18H16N4O6S. The van der Waals surface area contributed by atoms with E-state index in [0.717, 1.165) is 11.3 Å². The normalized spacial score (nSPS) is 10.8. The molecule has 11 heteroatoms. The molecule has 0 unspecified atom stereocenters. The molecule has 0 atom stereocenters. The smallest absolute Gasteiger partial charge is 0.337 e. The van der Waals surface area contributed by atoms with Gasteiger partial charge in [0.2, 0.25) is 5.91 Å². The Kier molecular flexibility index (Phi) is 5.69. The van der Waals surface area contributed by atoms with E-state index < -0.39 is 22.4 Å². The van der Waals surface area contributed by atoms with Gasteiger partial charge in [-0.15, -0.1) is 11.3 Å². The standard InChI is InChI=1S/C18H16N4O6S/c1-2-3-13-20-16-15(12(9-29-16)18(25)26)17(24)21(13)8-14(23)19-10-4-6-11(7-5-10)22(27)28/h4-7,9H,2-3,8H2,1H3,(H,19,23)(H,25,26). The fourth-order valence-corrected chi connectivity index (χ4v) is 3.73. The van der Waals surface area contributed by atoms with E-state index in [1.165, 1.54) is 34.2 Å². The lowest BCUT2D eigenvalue weighted by Gasteiger charge is -2.12. The number of carbonyl (C=O) groups excluding carboxylic acids is 1. The van der Waals surface area contributed by atoms with E-state index in [1.807, 2.05) is 6.92 Å². The summed E-state index contributed by atoms with van der Waals surface area (Å²) in [5.41, 5.74) is -0.509. The first-order chi connectivity index (χ1) is 13.8. The Morgan fingerprint density at radius 2 is 2.00 bits per heavy atom. The van der Waals surface area contributed by atoms with Crippen molar-refractivity contribution < 1.29 is 19.6 Å². The number of benzene rings is 1. The molecule has 2 aromatic heterocycles. The highest BCUT2D eigenvalue weighted by atomic mass is 32.1. The highest BCUT2D eigenvalue weighted by Crippen LogP contribution is 2.22. The zero-order valence-electron chi connectivity index (χ0n) is 15.2. The van der Waals surface area contributed by atoms with Crippen molar-refractivity contribution in [1.82, 2.24) is 9.55 Å². The van der Waals surface area contributed by atoms with Crippen molar-refractivity contribution in [1.29, 1.82) is 0 Å². The summed E-state index contributed by atoms with van der Waals surface area (Å²) >= 11 is 1.07. The quantitative estimate of drug-likeness (QED) is 0.445. The third kappa shape index (κ3) is 4.14. The van der Waals surface area contributed by atoms with Gasteiger partial charge in [-0.3, -0.25) is 24.3 Å². The molecule has 10 nitrogen and oxygen atoms in total. The van der Waals surface area contributed by atoms with Crippen LogP contribution in [0.15, 0.2) is 34.4 Å². The number of rotatable bonds is 7. The third-order valence-corrected chi connectivity index (χ3v) is 5.01. The largest absolute Gasteiger partial charge is 0.478 e. The van der Waals surface area contributed by atoms with Crippen LogP contribution in [0, 0.1) is 10.1 Å². The predicted octanol–water partition coefficient (Wildman–Crippen LogP) is 2.66. The summed E-state index contributed by atoms with van der Waals surface area (Å²) in [6, 6.07) is 5.27. The average molecular weight is 416 g/mol. The number of nitro groups is 1. The summed E-state index contributed by atoms with van der Waals surface area (Å²) in [5.74, 6) is -1.38. The van der Waals surface area contributed by atoms with Crippen molar-refractivity contribution in [2.45, 2.75) is 26.3 Å². The van der Waals surface area contributed by atoms with Crippen molar-refractivity contribution in [2.75, 3.05) is 5.32 Å². The molecule has 0 spiro atoms. The molecule has 0 aliphatic rings. The molecule has 0 saturated carbocycles. The number of amides is 1. The Morgan fingerprint density at radius 3 is 2.59 bits per heavy atom. The number of thiophene rings is 1. The first-order valence-corrected chi connectivity index (χ1v) is 9.48. The second-order valence-corrected chi connectivity index (χ2v) is 7.01. The molecule has 0 bridgehead atoms. The van der Waals surface area contributed by atoms with Gasteiger partial charge < -0.3 is 10.4 Å². The van der Waals surface area contributed by atoms with Gasteiger partial charge in [-0.05, 0) is 18.6 Å². The summed E-state index contributed by atoms with van der Waals surface area (Å²) in [5, 5.41) is 23.9. The van der Waals surface area contributed by atoms with Crippen LogP contribution < -0.4 is 10.9 Å². The fourth-order valence-electron chi connectivity index (χ4n) is 2.81. The molecule has 2 heterocycles. The second kappa shape index (κ2) is 8.19. The number of aromatic nitrogens is 2. The molecule has 1 amide bonds. The molecule has 0 aliphatic heterocycles. The maximum atomic E-state index is 12.9. The number of aryl methyl sites for hydroxylation is 1. The monoisotopic (exact) mass is 416 g/mol. The van der Waals surface area contributed by atoms with Gasteiger partial charge in [0.05, 0.1) is 15.9 Å². The van der Waals surface area contributed by atoms with Gasteiger partial charge in [0.15, 0.2) is 0 Å². The molecule has 0 saturated heterocycles. The predicted molar refractivity (Wildman–Crippen MR) is 107 cm³/mol. The minimum atomic E-state index is -1.24. The summed E-state index contributed by atoms with van der Waals surface area (Å²) < 4.78 is 1.17. The van der Waals surface area contributed by atoms with E-state index in [2.05, 4.69) is 10.3 Å². The number of fused-ring (bicyclic) bond motifs is 1. The summed E-state index contributed by atoms with van der Waals surface area (Å²) in [6.45, 7) is 1.54. The van der Waals surface area contributed by atoms with Crippen LogP contribution in [0.25, 0.3) is 10.2 Å². The highest BCUT2D eigenvalue weighted by molar-refractivity contribution is 7.17. The molecule has 1 aromatic carbocycles. The van der Waals surface area contributed by atoms with Gasteiger partial charge in [-0.25, -0.2) is 9.78 Å². The lowest BCUT2D eigenvalue weighted by molar-refractivity contribution is -0.384. The zero-order chi connectivity index (χ0) is 21.1. The number of aromatic carboxylic acids is 1. The van der Waals surface area contributed by atoms with E-state index in [-0.39, 0.29) is 23.2 Å². The van der Waals surface area contributed by atoms with Crippen molar-refractivity contribution >= 4 is 44.8 Å². The zero-order valence-corrected chi connectivity index (χ0v) is 16.1. The third-order valence-electron chi connectivity index (χ3n) is 4.14. The topological polar surface area (TPSA) is 144 Å². The number of carboxylic acid groups (broad SMARTS) is 1. The van der Waals surface area contributed by atoms with Gasteiger partial charge in [0.1, 0.15) is 17.2 Å². The minimum Gasteiger partial charge on any atom is -0.478 e. The molecule has 0 aliphatic carbocycles.